The standard InChI is InChI=1S/C22H25N5O2S/c1-4-19(21(29)24-18-12-8-15(9-13-18)14(3)28)30-22-26-25-20(27(22)5-2)16-6-10-17(23)11-7-16/h6-13,19H,4-5,23H2,1-3H3,(H,24,29)/t19-/m1/s1. The lowest BCUT2D eigenvalue weighted by Crippen LogP contribution is -2.25. The first-order valence-corrected chi connectivity index (χ1v) is 10.7. The number of aromatic nitrogens is 3. The first-order valence-electron chi connectivity index (χ1n) is 9.80. The smallest absolute Gasteiger partial charge is 0.237 e. The number of anilines is 2. The molecule has 3 aromatic rings. The van der Waals surface area contributed by atoms with Crippen molar-refractivity contribution in [1.82, 2.24) is 14.8 Å². The van der Waals surface area contributed by atoms with Crippen molar-refractivity contribution in [1.29, 1.82) is 0 Å². The number of hydrogen-bond donors (Lipinski definition) is 2. The van der Waals surface area contributed by atoms with Crippen LogP contribution in [0.25, 0.3) is 11.4 Å². The first kappa shape index (κ1) is 21.6. The maximum atomic E-state index is 12.8. The number of carbonyl (C=O) groups is 2. The summed E-state index contributed by atoms with van der Waals surface area (Å²) in [6.07, 6.45) is 0.635. The molecule has 1 aromatic heterocycles. The van der Waals surface area contributed by atoms with E-state index in [-0.39, 0.29) is 16.9 Å². The van der Waals surface area contributed by atoms with E-state index >= 15 is 0 Å². The summed E-state index contributed by atoms with van der Waals surface area (Å²) in [5.74, 6) is 0.624. The van der Waals surface area contributed by atoms with Gasteiger partial charge in [0.25, 0.3) is 0 Å². The van der Waals surface area contributed by atoms with Crippen molar-refractivity contribution in [3.63, 3.8) is 0 Å². The van der Waals surface area contributed by atoms with E-state index in [1.165, 1.54) is 18.7 Å². The minimum Gasteiger partial charge on any atom is -0.399 e. The van der Waals surface area contributed by atoms with Crippen LogP contribution in [0.15, 0.2) is 53.7 Å². The molecule has 2 aromatic carbocycles. The molecule has 0 unspecified atom stereocenters. The lowest BCUT2D eigenvalue weighted by molar-refractivity contribution is -0.115. The second-order valence-corrected chi connectivity index (χ2v) is 7.98. The van der Waals surface area contributed by atoms with Crippen molar-refractivity contribution in [2.24, 2.45) is 0 Å². The van der Waals surface area contributed by atoms with Gasteiger partial charge >= 0.3 is 0 Å². The number of nitrogens with zero attached hydrogens (tertiary/aromatic N) is 3. The molecule has 156 valence electrons. The monoisotopic (exact) mass is 423 g/mol. The molecule has 1 atom stereocenters. The molecule has 0 saturated carbocycles. The molecule has 0 fully saturated rings. The van der Waals surface area contributed by atoms with Crippen LogP contribution in [-0.2, 0) is 11.3 Å². The molecule has 1 heterocycles. The Hall–Kier alpha value is -3.13. The van der Waals surface area contributed by atoms with Crippen LogP contribution in [0.4, 0.5) is 11.4 Å². The van der Waals surface area contributed by atoms with Crippen LogP contribution in [-0.4, -0.2) is 31.7 Å². The number of thioether (sulfide) groups is 1. The predicted octanol–water partition coefficient (Wildman–Crippen LogP) is 4.26. The Labute approximate surface area is 180 Å². The lowest BCUT2D eigenvalue weighted by atomic mass is 10.1. The fourth-order valence-electron chi connectivity index (χ4n) is 2.97. The maximum absolute atomic E-state index is 12.8. The number of benzene rings is 2. The molecular formula is C22H25N5O2S. The Bertz CT molecular complexity index is 1030. The predicted molar refractivity (Wildman–Crippen MR) is 121 cm³/mol. The quantitative estimate of drug-likeness (QED) is 0.319. The normalized spacial score (nSPS) is 11.8. The van der Waals surface area contributed by atoms with Crippen molar-refractivity contribution >= 4 is 34.8 Å². The van der Waals surface area contributed by atoms with Gasteiger partial charge in [0.1, 0.15) is 0 Å². The highest BCUT2D eigenvalue weighted by Crippen LogP contribution is 2.29. The maximum Gasteiger partial charge on any atom is 0.237 e. The Balaban J connectivity index is 1.75. The van der Waals surface area contributed by atoms with Gasteiger partial charge in [-0.25, -0.2) is 0 Å². The summed E-state index contributed by atoms with van der Waals surface area (Å²) < 4.78 is 1.99. The number of nitrogen functional groups attached to an aromatic ring is 1. The van der Waals surface area contributed by atoms with Gasteiger partial charge in [0.05, 0.1) is 5.25 Å². The van der Waals surface area contributed by atoms with Gasteiger partial charge in [-0.15, -0.1) is 10.2 Å². The summed E-state index contributed by atoms with van der Waals surface area (Å²) >= 11 is 1.39. The summed E-state index contributed by atoms with van der Waals surface area (Å²) in [7, 11) is 0. The van der Waals surface area contributed by atoms with Crippen LogP contribution < -0.4 is 11.1 Å². The molecule has 0 saturated heterocycles. The van der Waals surface area contributed by atoms with Crippen LogP contribution in [0.2, 0.25) is 0 Å². The highest BCUT2D eigenvalue weighted by molar-refractivity contribution is 8.00. The van der Waals surface area contributed by atoms with E-state index in [0.717, 1.165) is 11.4 Å². The molecule has 3 N–H and O–H groups in total. The molecule has 0 aliphatic rings. The topological polar surface area (TPSA) is 103 Å². The Morgan fingerprint density at radius 1 is 1.07 bits per heavy atom. The summed E-state index contributed by atoms with van der Waals surface area (Å²) in [6.45, 7) is 6.18. The molecule has 1 amide bonds. The molecule has 7 nitrogen and oxygen atoms in total. The summed E-state index contributed by atoms with van der Waals surface area (Å²) in [5.41, 5.74) is 8.66. The number of ketones is 1. The number of hydrogen-bond acceptors (Lipinski definition) is 6. The third kappa shape index (κ3) is 4.88. The van der Waals surface area contributed by atoms with E-state index in [2.05, 4.69) is 15.5 Å². The fourth-order valence-corrected chi connectivity index (χ4v) is 3.99. The molecule has 0 aliphatic carbocycles. The Morgan fingerprint density at radius 2 is 1.73 bits per heavy atom. The van der Waals surface area contributed by atoms with Crippen molar-refractivity contribution in [2.75, 3.05) is 11.1 Å². The molecule has 0 bridgehead atoms. The Morgan fingerprint density at radius 3 is 2.30 bits per heavy atom. The molecule has 0 aliphatic heterocycles. The van der Waals surface area contributed by atoms with Crippen molar-refractivity contribution in [3.05, 3.63) is 54.1 Å². The highest BCUT2D eigenvalue weighted by atomic mass is 32.2. The Kier molecular flexibility index (Phi) is 6.89. The van der Waals surface area contributed by atoms with Gasteiger partial charge in [0.15, 0.2) is 16.8 Å². The number of nitrogens with one attached hydrogen (secondary N) is 1. The molecule has 0 radical (unpaired) electrons. The molecule has 8 heteroatoms. The second-order valence-electron chi connectivity index (χ2n) is 6.81. The number of amides is 1. The van der Waals surface area contributed by atoms with Crippen molar-refractivity contribution < 1.29 is 9.59 Å². The van der Waals surface area contributed by atoms with Gasteiger partial charge in [-0.1, -0.05) is 18.7 Å². The van der Waals surface area contributed by atoms with Crippen molar-refractivity contribution in [2.45, 2.75) is 44.1 Å². The average Bonchev–Trinajstić information content (AvgIpc) is 3.15. The van der Waals surface area contributed by atoms with E-state index in [1.54, 1.807) is 24.3 Å². The minimum absolute atomic E-state index is 0.00863. The lowest BCUT2D eigenvalue weighted by Gasteiger charge is -2.15. The van der Waals surface area contributed by atoms with Gasteiger partial charge < -0.3 is 15.6 Å². The zero-order valence-corrected chi connectivity index (χ0v) is 18.1. The van der Waals surface area contributed by atoms with E-state index in [0.29, 0.717) is 35.1 Å². The zero-order valence-electron chi connectivity index (χ0n) is 17.3. The van der Waals surface area contributed by atoms with Crippen LogP contribution in [0.5, 0.6) is 0 Å². The van der Waals surface area contributed by atoms with E-state index in [9.17, 15) is 9.59 Å². The van der Waals surface area contributed by atoms with Gasteiger partial charge in [-0.3, -0.25) is 9.59 Å². The van der Waals surface area contributed by atoms with Gasteiger partial charge in [-0.2, -0.15) is 0 Å². The molecule has 3 rings (SSSR count). The fraction of sp³-hybridized carbons (Fsp3) is 0.273. The molecule has 30 heavy (non-hydrogen) atoms. The minimum atomic E-state index is -0.328. The molecule has 0 spiro atoms. The third-order valence-corrected chi connectivity index (χ3v) is 6.02. The third-order valence-electron chi connectivity index (χ3n) is 4.67. The van der Waals surface area contributed by atoms with Gasteiger partial charge in [-0.05, 0) is 68.8 Å². The molecular weight excluding hydrogens is 398 g/mol. The summed E-state index contributed by atoms with van der Waals surface area (Å²) in [6, 6.07) is 14.4. The number of carbonyl (C=O) groups excluding carboxylic acids is 2. The number of rotatable bonds is 8. The van der Waals surface area contributed by atoms with Crippen LogP contribution in [0.3, 0.4) is 0 Å². The second kappa shape index (κ2) is 9.58. The highest BCUT2D eigenvalue weighted by Gasteiger charge is 2.23. The van der Waals surface area contributed by atoms with Crippen LogP contribution >= 0.6 is 11.8 Å². The van der Waals surface area contributed by atoms with Gasteiger partial charge in [0.2, 0.25) is 5.91 Å². The zero-order chi connectivity index (χ0) is 21.7. The largest absolute Gasteiger partial charge is 0.399 e. The van der Waals surface area contributed by atoms with E-state index in [4.69, 9.17) is 5.73 Å². The van der Waals surface area contributed by atoms with Crippen molar-refractivity contribution in [3.8, 4) is 11.4 Å². The summed E-state index contributed by atoms with van der Waals surface area (Å²) in [5, 5.41) is 11.9. The van der Waals surface area contributed by atoms with Gasteiger partial charge in [0, 0.05) is 29.0 Å². The van der Waals surface area contributed by atoms with Crippen LogP contribution in [0.1, 0.15) is 37.6 Å². The van der Waals surface area contributed by atoms with E-state index in [1.807, 2.05) is 42.7 Å². The number of nitrogens with two attached hydrogens (primary N) is 1. The number of Topliss-reactive ketones (excluding diaryl/α,β-unsaturated/α-hetero) is 1. The SMILES string of the molecule is CC[C@@H](Sc1nnc(-c2ccc(N)cc2)n1CC)C(=O)Nc1ccc(C(C)=O)cc1. The first-order chi connectivity index (χ1) is 14.4. The average molecular weight is 424 g/mol. The van der Waals surface area contributed by atoms with E-state index < -0.39 is 0 Å². The van der Waals surface area contributed by atoms with Crippen LogP contribution in [0, 0.1) is 0 Å². The summed E-state index contributed by atoms with van der Waals surface area (Å²) in [4.78, 5) is 24.2.